The van der Waals surface area contributed by atoms with Crippen molar-refractivity contribution >= 4 is 0 Å². The predicted molar refractivity (Wildman–Crippen MR) is 40.7 cm³/mol. The van der Waals surface area contributed by atoms with Crippen LogP contribution in [0.1, 0.15) is 19.3 Å². The van der Waals surface area contributed by atoms with Crippen LogP contribution in [0, 0.1) is 6.54 Å². The van der Waals surface area contributed by atoms with Gasteiger partial charge in [-0.3, -0.25) is 0 Å². The van der Waals surface area contributed by atoms with Crippen LogP contribution >= 0.6 is 0 Å². The van der Waals surface area contributed by atoms with Crippen LogP contribution in [0.4, 0.5) is 0 Å². The first-order valence-electron chi connectivity index (χ1n) is 4.00. The maximum absolute atomic E-state index is 2.30. The molecule has 10 heavy (non-hydrogen) atoms. The van der Waals surface area contributed by atoms with E-state index in [-0.39, 0.29) is 0 Å². The molecule has 0 atom stereocenters. The third-order valence-electron chi connectivity index (χ3n) is 2.08. The minimum atomic E-state index is 1.08. The third kappa shape index (κ3) is 1.03. The van der Waals surface area contributed by atoms with E-state index in [0.717, 1.165) is 6.54 Å². The Balaban J connectivity index is 2.00. The Bertz CT molecular complexity index is 142. The monoisotopic (exact) mass is 137 g/mol. The molecule has 2 nitrogen and oxygen atoms in total. The van der Waals surface area contributed by atoms with Gasteiger partial charge in [0.05, 0.1) is 0 Å². The molecule has 0 N–H and O–H groups in total. The Labute approximate surface area is 62.1 Å². The molecule has 0 bridgehead atoms. The second-order valence-corrected chi connectivity index (χ2v) is 2.85. The first-order valence-corrected chi connectivity index (χ1v) is 4.00. The van der Waals surface area contributed by atoms with Gasteiger partial charge in [-0.15, -0.1) is 0 Å². The van der Waals surface area contributed by atoms with Gasteiger partial charge in [0.25, 0.3) is 0 Å². The van der Waals surface area contributed by atoms with Gasteiger partial charge in [0.2, 0.25) is 0 Å². The molecule has 1 radical (unpaired) electrons. The Morgan fingerprint density at radius 3 is 3.10 bits per heavy atom. The fourth-order valence-corrected chi connectivity index (χ4v) is 1.51. The number of hydrogen-bond acceptors (Lipinski definition) is 2. The summed E-state index contributed by atoms with van der Waals surface area (Å²) >= 11 is 0. The molecule has 0 aromatic carbocycles. The van der Waals surface area contributed by atoms with Gasteiger partial charge in [-0.05, 0) is 19.3 Å². The summed E-state index contributed by atoms with van der Waals surface area (Å²) in [4.78, 5) is 0. The molecule has 1 saturated heterocycles. The second kappa shape index (κ2) is 2.62. The van der Waals surface area contributed by atoms with Gasteiger partial charge in [0.15, 0.2) is 0 Å². The standard InChI is InChI=1S/C8H13N2/c1-2-5-9-7-4-8-10(9)6-3-1/h4-5,8H,1-3,6-7H2. The molecule has 0 aromatic rings. The third-order valence-corrected chi connectivity index (χ3v) is 2.08. The minimum absolute atomic E-state index is 1.08. The van der Waals surface area contributed by atoms with Gasteiger partial charge < -0.3 is 5.01 Å². The molecule has 0 saturated carbocycles. The van der Waals surface area contributed by atoms with Gasteiger partial charge in [0.1, 0.15) is 0 Å². The first-order chi connectivity index (χ1) is 4.97. The highest BCUT2D eigenvalue weighted by Gasteiger charge is 2.17. The lowest BCUT2D eigenvalue weighted by Gasteiger charge is -2.25. The zero-order valence-electron chi connectivity index (χ0n) is 6.16. The molecule has 0 aliphatic carbocycles. The van der Waals surface area contributed by atoms with Crippen LogP contribution in [0.15, 0.2) is 12.3 Å². The van der Waals surface area contributed by atoms with Crippen LogP contribution in [0.5, 0.6) is 0 Å². The van der Waals surface area contributed by atoms with Crippen LogP contribution < -0.4 is 0 Å². The van der Waals surface area contributed by atoms with Crippen LogP contribution in [0.3, 0.4) is 0 Å². The van der Waals surface area contributed by atoms with Crippen molar-refractivity contribution in [3.8, 4) is 0 Å². The van der Waals surface area contributed by atoms with Gasteiger partial charge in [-0.1, -0.05) is 6.08 Å². The summed E-state index contributed by atoms with van der Waals surface area (Å²) in [5, 5.41) is 4.60. The summed E-state index contributed by atoms with van der Waals surface area (Å²) in [5.74, 6) is 0. The largest absolute Gasteiger partial charge is 0.313 e. The molecule has 1 fully saturated rings. The van der Waals surface area contributed by atoms with E-state index in [9.17, 15) is 0 Å². The molecule has 55 valence electrons. The normalized spacial score (nSPS) is 26.6. The van der Waals surface area contributed by atoms with E-state index >= 15 is 0 Å². The highest BCUT2D eigenvalue weighted by atomic mass is 15.6. The fraction of sp³-hybridized carbons (Fsp3) is 0.625. The lowest BCUT2D eigenvalue weighted by molar-refractivity contribution is 0.0947. The maximum Gasteiger partial charge on any atom is 0.0470 e. The van der Waals surface area contributed by atoms with E-state index in [1.54, 1.807) is 0 Å². The molecule has 0 aromatic heterocycles. The van der Waals surface area contributed by atoms with Crippen molar-refractivity contribution in [2.24, 2.45) is 0 Å². The molecule has 0 unspecified atom stereocenters. The van der Waals surface area contributed by atoms with Crippen LogP contribution in [-0.2, 0) is 0 Å². The summed E-state index contributed by atoms with van der Waals surface area (Å²) in [5.41, 5.74) is 0. The van der Waals surface area contributed by atoms with E-state index in [1.807, 2.05) is 0 Å². The van der Waals surface area contributed by atoms with E-state index in [0.29, 0.717) is 0 Å². The van der Waals surface area contributed by atoms with Crippen molar-refractivity contribution in [1.29, 1.82) is 0 Å². The van der Waals surface area contributed by atoms with Crippen molar-refractivity contribution in [3.63, 3.8) is 0 Å². The summed E-state index contributed by atoms with van der Waals surface area (Å²) in [6.45, 7) is 4.58. The van der Waals surface area contributed by atoms with Crippen molar-refractivity contribution < 1.29 is 0 Å². The zero-order chi connectivity index (χ0) is 6.81. The summed E-state index contributed by atoms with van der Waals surface area (Å²) < 4.78 is 0. The van der Waals surface area contributed by atoms with Crippen molar-refractivity contribution in [2.75, 3.05) is 13.1 Å². The van der Waals surface area contributed by atoms with Crippen molar-refractivity contribution in [3.05, 3.63) is 18.8 Å². The highest BCUT2D eigenvalue weighted by molar-refractivity contribution is 4.94. The van der Waals surface area contributed by atoms with Crippen LogP contribution in [0.2, 0.25) is 0 Å². The highest BCUT2D eigenvalue weighted by Crippen LogP contribution is 2.17. The Morgan fingerprint density at radius 1 is 1.10 bits per heavy atom. The predicted octanol–water partition coefficient (Wildman–Crippen LogP) is 1.38. The number of fused-ring (bicyclic) bond motifs is 1. The van der Waals surface area contributed by atoms with Gasteiger partial charge >= 0.3 is 0 Å². The molecule has 2 heteroatoms. The van der Waals surface area contributed by atoms with E-state index < -0.39 is 0 Å². The molecule has 2 heterocycles. The SMILES string of the molecule is [CH]1CCCCN2C=CCN12. The molecule has 2 rings (SSSR count). The van der Waals surface area contributed by atoms with Gasteiger partial charge in [-0.2, -0.15) is 0 Å². The topological polar surface area (TPSA) is 6.48 Å². The molecular formula is C8H13N2. The van der Waals surface area contributed by atoms with Crippen molar-refractivity contribution in [2.45, 2.75) is 19.3 Å². The second-order valence-electron chi connectivity index (χ2n) is 2.85. The quantitative estimate of drug-likeness (QED) is 0.497. The number of nitrogens with zero attached hydrogens (tertiary/aromatic N) is 2. The molecule has 0 amide bonds. The number of rotatable bonds is 0. The maximum atomic E-state index is 2.30. The lowest BCUT2D eigenvalue weighted by atomic mass is 10.2. The van der Waals surface area contributed by atoms with Crippen molar-refractivity contribution in [1.82, 2.24) is 10.0 Å². The molecule has 0 spiro atoms. The minimum Gasteiger partial charge on any atom is -0.313 e. The van der Waals surface area contributed by atoms with Gasteiger partial charge in [-0.25, -0.2) is 5.01 Å². The first kappa shape index (κ1) is 6.23. The Morgan fingerprint density at radius 2 is 2.10 bits per heavy atom. The Hall–Kier alpha value is -0.500. The molecule has 2 aliphatic heterocycles. The van der Waals surface area contributed by atoms with Gasteiger partial charge in [0, 0.05) is 25.8 Å². The number of hydrazine groups is 1. The average Bonchev–Trinajstić information content (AvgIpc) is 2.28. The zero-order valence-corrected chi connectivity index (χ0v) is 6.16. The Kier molecular flexibility index (Phi) is 1.63. The molecule has 2 aliphatic rings. The summed E-state index contributed by atoms with van der Waals surface area (Å²) in [7, 11) is 0. The van der Waals surface area contributed by atoms with Crippen LogP contribution in [0.25, 0.3) is 0 Å². The van der Waals surface area contributed by atoms with E-state index in [1.165, 1.54) is 25.8 Å². The smallest absolute Gasteiger partial charge is 0.0470 e. The average molecular weight is 137 g/mol. The van der Waals surface area contributed by atoms with Crippen LogP contribution in [-0.4, -0.2) is 23.1 Å². The summed E-state index contributed by atoms with van der Waals surface area (Å²) in [6, 6.07) is 0. The fourth-order valence-electron chi connectivity index (χ4n) is 1.51. The van der Waals surface area contributed by atoms with E-state index in [4.69, 9.17) is 0 Å². The van der Waals surface area contributed by atoms with E-state index in [2.05, 4.69) is 28.8 Å². The summed E-state index contributed by atoms with van der Waals surface area (Å²) in [6.07, 6.45) is 8.32. The lowest BCUT2D eigenvalue weighted by Crippen LogP contribution is -2.31. The number of hydrogen-bond donors (Lipinski definition) is 0. The molecular weight excluding hydrogens is 124 g/mol.